The van der Waals surface area contributed by atoms with Gasteiger partial charge in [-0.05, 0) is 62.1 Å². The molecule has 2 aromatic rings. The number of halogens is 1. The molecular weight excluding hydrogens is 396 g/mol. The monoisotopic (exact) mass is 416 g/mol. The van der Waals surface area contributed by atoms with Crippen LogP contribution in [0.4, 0.5) is 10.5 Å². The number of ether oxygens (including phenoxy) is 1. The van der Waals surface area contributed by atoms with Crippen molar-refractivity contribution < 1.29 is 14.3 Å². The average Bonchev–Trinajstić information content (AvgIpc) is 3.09. The highest BCUT2D eigenvalue weighted by Gasteiger charge is 2.35. The van der Waals surface area contributed by atoms with Gasteiger partial charge in [-0.2, -0.15) is 0 Å². The van der Waals surface area contributed by atoms with Crippen LogP contribution in [0, 0.1) is 13.8 Å². The van der Waals surface area contributed by atoms with Gasteiger partial charge in [0.1, 0.15) is 11.8 Å². The van der Waals surface area contributed by atoms with Crippen LogP contribution in [0.2, 0.25) is 0 Å². The van der Waals surface area contributed by atoms with Gasteiger partial charge in [-0.15, -0.1) is 0 Å². The van der Waals surface area contributed by atoms with Crippen molar-refractivity contribution in [1.29, 1.82) is 0 Å². The summed E-state index contributed by atoms with van der Waals surface area (Å²) in [5.41, 5.74) is 2.74. The van der Waals surface area contributed by atoms with Crippen LogP contribution in [0.15, 0.2) is 46.9 Å². The van der Waals surface area contributed by atoms with Crippen LogP contribution in [-0.4, -0.2) is 29.5 Å². The Morgan fingerprint density at radius 3 is 2.46 bits per heavy atom. The van der Waals surface area contributed by atoms with Crippen LogP contribution in [0.1, 0.15) is 24.0 Å². The van der Waals surface area contributed by atoms with Crippen molar-refractivity contribution in [3.8, 4) is 5.75 Å². The summed E-state index contributed by atoms with van der Waals surface area (Å²) in [6.07, 6.45) is 0.919. The maximum absolute atomic E-state index is 12.8. The number of carbonyl (C=O) groups excluding carboxylic acids is 2. The van der Waals surface area contributed by atoms with E-state index < -0.39 is 12.1 Å². The van der Waals surface area contributed by atoms with Gasteiger partial charge in [0, 0.05) is 16.7 Å². The standard InChI is InChI=1S/C20H21BrN2O3/c1-13-11-15(21)12-14(2)18(13)22-19(24)17-9-6-10-23(17)20(25)26-16-7-4-3-5-8-16/h3-5,7-8,11-12,17H,6,9-10H2,1-2H3,(H,22,24)/t17-/m1/s1. The van der Waals surface area contributed by atoms with Gasteiger partial charge in [0.25, 0.3) is 0 Å². The molecule has 1 atom stereocenters. The summed E-state index contributed by atoms with van der Waals surface area (Å²) in [4.78, 5) is 26.8. The normalized spacial score (nSPS) is 16.4. The second-order valence-electron chi connectivity index (χ2n) is 6.44. The highest BCUT2D eigenvalue weighted by molar-refractivity contribution is 9.10. The number of rotatable bonds is 3. The number of anilines is 1. The van der Waals surface area contributed by atoms with Crippen molar-refractivity contribution in [1.82, 2.24) is 4.90 Å². The SMILES string of the molecule is Cc1cc(Br)cc(C)c1NC(=O)[C@H]1CCCN1C(=O)Oc1ccccc1. The summed E-state index contributed by atoms with van der Waals surface area (Å²) in [6, 6.07) is 12.3. The van der Waals surface area contributed by atoms with E-state index in [0.717, 1.165) is 27.7 Å². The summed E-state index contributed by atoms with van der Waals surface area (Å²) >= 11 is 3.46. The zero-order chi connectivity index (χ0) is 18.7. The molecule has 2 aromatic carbocycles. The number of benzene rings is 2. The minimum Gasteiger partial charge on any atom is -0.410 e. The first-order valence-corrected chi connectivity index (χ1v) is 9.36. The number of amides is 2. The van der Waals surface area contributed by atoms with Crippen molar-refractivity contribution in [2.24, 2.45) is 0 Å². The van der Waals surface area contributed by atoms with Gasteiger partial charge in [-0.3, -0.25) is 9.69 Å². The molecule has 0 aromatic heterocycles. The quantitative estimate of drug-likeness (QED) is 0.790. The lowest BCUT2D eigenvalue weighted by Gasteiger charge is -2.24. The number of likely N-dealkylation sites (tertiary alicyclic amines) is 1. The van der Waals surface area contributed by atoms with E-state index in [1.165, 1.54) is 4.90 Å². The second-order valence-corrected chi connectivity index (χ2v) is 7.35. The van der Waals surface area contributed by atoms with Gasteiger partial charge in [-0.1, -0.05) is 34.1 Å². The van der Waals surface area contributed by atoms with E-state index in [9.17, 15) is 9.59 Å². The zero-order valence-corrected chi connectivity index (χ0v) is 16.4. The fourth-order valence-corrected chi connectivity index (χ4v) is 3.91. The van der Waals surface area contributed by atoms with Crippen LogP contribution in [0.5, 0.6) is 5.75 Å². The Bertz CT molecular complexity index is 800. The number of hydrogen-bond acceptors (Lipinski definition) is 3. The molecule has 1 N–H and O–H groups in total. The van der Waals surface area contributed by atoms with Gasteiger partial charge in [0.15, 0.2) is 0 Å². The first-order chi connectivity index (χ1) is 12.5. The topological polar surface area (TPSA) is 58.6 Å². The minimum absolute atomic E-state index is 0.180. The maximum Gasteiger partial charge on any atom is 0.415 e. The third-order valence-electron chi connectivity index (χ3n) is 4.48. The molecule has 0 aliphatic carbocycles. The molecule has 1 aliphatic heterocycles. The Labute approximate surface area is 161 Å². The number of hydrogen-bond donors (Lipinski definition) is 1. The summed E-state index contributed by atoms with van der Waals surface area (Å²) in [5.74, 6) is 0.296. The Hall–Kier alpha value is -2.34. The average molecular weight is 417 g/mol. The van der Waals surface area contributed by atoms with Crippen molar-refractivity contribution in [2.45, 2.75) is 32.7 Å². The molecular formula is C20H21BrN2O3. The summed E-state index contributed by atoms with van der Waals surface area (Å²) in [5, 5.41) is 2.99. The molecule has 1 aliphatic rings. The molecule has 5 nitrogen and oxygen atoms in total. The molecule has 6 heteroatoms. The second kappa shape index (κ2) is 7.91. The molecule has 0 spiro atoms. The Balaban J connectivity index is 1.71. The van der Waals surface area contributed by atoms with Crippen molar-refractivity contribution >= 4 is 33.6 Å². The van der Waals surface area contributed by atoms with Crippen LogP contribution in [-0.2, 0) is 4.79 Å². The van der Waals surface area contributed by atoms with Crippen LogP contribution in [0.25, 0.3) is 0 Å². The lowest BCUT2D eigenvalue weighted by molar-refractivity contribution is -0.119. The fraction of sp³-hybridized carbons (Fsp3) is 0.300. The van der Waals surface area contributed by atoms with Gasteiger partial charge in [-0.25, -0.2) is 4.79 Å². The third-order valence-corrected chi connectivity index (χ3v) is 4.94. The van der Waals surface area contributed by atoms with Gasteiger partial charge >= 0.3 is 6.09 Å². The first kappa shape index (κ1) is 18.5. The smallest absolute Gasteiger partial charge is 0.410 e. The molecule has 0 saturated carbocycles. The maximum atomic E-state index is 12.8. The lowest BCUT2D eigenvalue weighted by Crippen LogP contribution is -2.44. The molecule has 2 amide bonds. The van der Waals surface area contributed by atoms with E-state index in [1.54, 1.807) is 24.3 Å². The first-order valence-electron chi connectivity index (χ1n) is 8.57. The predicted molar refractivity (Wildman–Crippen MR) is 104 cm³/mol. The van der Waals surface area contributed by atoms with Crippen molar-refractivity contribution in [2.75, 3.05) is 11.9 Å². The molecule has 1 heterocycles. The predicted octanol–water partition coefficient (Wildman–Crippen LogP) is 4.67. The van der Waals surface area contributed by atoms with Gasteiger partial charge < -0.3 is 10.1 Å². The molecule has 1 fully saturated rings. The van der Waals surface area contributed by atoms with Crippen molar-refractivity contribution in [3.05, 3.63) is 58.1 Å². The van der Waals surface area contributed by atoms with Gasteiger partial charge in [0.05, 0.1) is 0 Å². The summed E-state index contributed by atoms with van der Waals surface area (Å²) in [6.45, 7) is 4.41. The van der Waals surface area contributed by atoms with E-state index in [0.29, 0.717) is 18.7 Å². The Morgan fingerprint density at radius 2 is 1.81 bits per heavy atom. The Morgan fingerprint density at radius 1 is 1.15 bits per heavy atom. The lowest BCUT2D eigenvalue weighted by atomic mass is 10.1. The third kappa shape index (κ3) is 4.07. The molecule has 1 saturated heterocycles. The van der Waals surface area contributed by atoms with Crippen molar-refractivity contribution in [3.63, 3.8) is 0 Å². The molecule has 136 valence electrons. The number of nitrogens with one attached hydrogen (secondary N) is 1. The van der Waals surface area contributed by atoms with E-state index >= 15 is 0 Å². The van der Waals surface area contributed by atoms with E-state index in [-0.39, 0.29) is 5.91 Å². The number of carbonyl (C=O) groups is 2. The highest BCUT2D eigenvalue weighted by Crippen LogP contribution is 2.27. The molecule has 3 rings (SSSR count). The van der Waals surface area contributed by atoms with Crippen LogP contribution >= 0.6 is 15.9 Å². The molecule has 0 unspecified atom stereocenters. The van der Waals surface area contributed by atoms with E-state index in [2.05, 4.69) is 21.2 Å². The van der Waals surface area contributed by atoms with E-state index in [1.807, 2.05) is 32.0 Å². The summed E-state index contributed by atoms with van der Waals surface area (Å²) < 4.78 is 6.36. The molecule has 0 bridgehead atoms. The molecule has 26 heavy (non-hydrogen) atoms. The fourth-order valence-electron chi connectivity index (χ4n) is 3.22. The minimum atomic E-state index is -0.520. The van der Waals surface area contributed by atoms with Gasteiger partial charge in [0.2, 0.25) is 5.91 Å². The Kier molecular flexibility index (Phi) is 5.61. The number of nitrogens with zero attached hydrogens (tertiary/aromatic N) is 1. The summed E-state index contributed by atoms with van der Waals surface area (Å²) in [7, 11) is 0. The van der Waals surface area contributed by atoms with Crippen LogP contribution < -0.4 is 10.1 Å². The number of aryl methyl sites for hydroxylation is 2. The van der Waals surface area contributed by atoms with Crippen LogP contribution in [0.3, 0.4) is 0 Å². The highest BCUT2D eigenvalue weighted by atomic mass is 79.9. The zero-order valence-electron chi connectivity index (χ0n) is 14.8. The van der Waals surface area contributed by atoms with E-state index in [4.69, 9.17) is 4.74 Å². The largest absolute Gasteiger partial charge is 0.415 e. The molecule has 0 radical (unpaired) electrons. The number of para-hydroxylation sites is 1.